The highest BCUT2D eigenvalue weighted by Gasteiger charge is 2.54. The summed E-state index contributed by atoms with van der Waals surface area (Å²) in [5, 5.41) is 3.76. The van der Waals surface area contributed by atoms with Crippen molar-refractivity contribution >= 4 is 0 Å². The minimum absolute atomic E-state index is 0.133. The van der Waals surface area contributed by atoms with Crippen LogP contribution in [0.25, 0.3) is 0 Å². The zero-order valence-corrected chi connectivity index (χ0v) is 16.0. The van der Waals surface area contributed by atoms with Crippen molar-refractivity contribution < 1.29 is 9.47 Å². The molecule has 1 N–H and O–H groups in total. The third kappa shape index (κ3) is 3.21. The van der Waals surface area contributed by atoms with Gasteiger partial charge in [0.05, 0.1) is 12.7 Å². The molecule has 1 spiro atoms. The molecule has 3 aliphatic rings. The van der Waals surface area contributed by atoms with Gasteiger partial charge in [-0.15, -0.1) is 0 Å². The van der Waals surface area contributed by atoms with E-state index in [1.807, 2.05) is 0 Å². The molecule has 3 heteroatoms. The number of fused-ring (bicyclic) bond motifs is 3. The molecule has 0 radical (unpaired) electrons. The van der Waals surface area contributed by atoms with Gasteiger partial charge < -0.3 is 14.8 Å². The highest BCUT2D eigenvalue weighted by Crippen LogP contribution is 2.53. The van der Waals surface area contributed by atoms with Crippen LogP contribution in [0.5, 0.6) is 5.75 Å². The van der Waals surface area contributed by atoms with E-state index >= 15 is 0 Å². The summed E-state index contributed by atoms with van der Waals surface area (Å²) in [6.07, 6.45) is 7.45. The molecule has 25 heavy (non-hydrogen) atoms. The van der Waals surface area contributed by atoms with Crippen molar-refractivity contribution in [2.75, 3.05) is 13.2 Å². The minimum atomic E-state index is -0.133. The van der Waals surface area contributed by atoms with Crippen LogP contribution in [0.3, 0.4) is 0 Å². The predicted molar refractivity (Wildman–Crippen MR) is 101 cm³/mol. The van der Waals surface area contributed by atoms with E-state index in [2.05, 4.69) is 50.4 Å². The fourth-order valence-corrected chi connectivity index (χ4v) is 5.19. The first-order valence-corrected chi connectivity index (χ1v) is 10.2. The van der Waals surface area contributed by atoms with Crippen molar-refractivity contribution in [3.8, 4) is 5.75 Å². The highest BCUT2D eigenvalue weighted by atomic mass is 16.5. The Hall–Kier alpha value is -1.06. The number of para-hydroxylation sites is 1. The van der Waals surface area contributed by atoms with Gasteiger partial charge >= 0.3 is 0 Å². The van der Waals surface area contributed by atoms with Gasteiger partial charge in [0.1, 0.15) is 11.4 Å². The molecule has 0 aromatic heterocycles. The van der Waals surface area contributed by atoms with E-state index in [1.54, 1.807) is 0 Å². The molecule has 0 unspecified atom stereocenters. The van der Waals surface area contributed by atoms with Gasteiger partial charge in [-0.2, -0.15) is 0 Å². The van der Waals surface area contributed by atoms with Crippen molar-refractivity contribution in [3.05, 3.63) is 29.8 Å². The van der Waals surface area contributed by atoms with Gasteiger partial charge in [0, 0.05) is 17.0 Å². The summed E-state index contributed by atoms with van der Waals surface area (Å²) in [5.41, 5.74) is 1.29. The molecular formula is C22H33NO2. The molecule has 0 bridgehead atoms. The topological polar surface area (TPSA) is 30.5 Å². The van der Waals surface area contributed by atoms with E-state index in [1.165, 1.54) is 37.7 Å². The normalized spacial score (nSPS) is 37.0. The van der Waals surface area contributed by atoms with Gasteiger partial charge in [0.2, 0.25) is 0 Å². The van der Waals surface area contributed by atoms with Crippen LogP contribution < -0.4 is 10.1 Å². The monoisotopic (exact) mass is 343 g/mol. The largest absolute Gasteiger partial charge is 0.487 e. The lowest BCUT2D eigenvalue weighted by atomic mass is 9.68. The highest BCUT2D eigenvalue weighted by molar-refractivity contribution is 5.39. The van der Waals surface area contributed by atoms with Gasteiger partial charge in [-0.05, 0) is 57.6 Å². The van der Waals surface area contributed by atoms with Crippen LogP contribution in [0.15, 0.2) is 24.3 Å². The van der Waals surface area contributed by atoms with Crippen LogP contribution in [0, 0.1) is 11.8 Å². The number of ether oxygens (including phenoxy) is 2. The molecule has 4 rings (SSSR count). The smallest absolute Gasteiger partial charge is 0.125 e. The Labute approximate surface area is 152 Å². The minimum Gasteiger partial charge on any atom is -0.487 e. The first kappa shape index (κ1) is 17.4. The summed E-state index contributed by atoms with van der Waals surface area (Å²) in [7, 11) is 0. The molecule has 0 saturated carbocycles. The van der Waals surface area contributed by atoms with E-state index in [-0.39, 0.29) is 17.2 Å². The summed E-state index contributed by atoms with van der Waals surface area (Å²) in [5.74, 6) is 2.21. The number of rotatable bonds is 4. The maximum absolute atomic E-state index is 6.67. The Morgan fingerprint density at radius 3 is 2.88 bits per heavy atom. The van der Waals surface area contributed by atoms with Crippen LogP contribution in [-0.4, -0.2) is 24.3 Å². The lowest BCUT2D eigenvalue weighted by molar-refractivity contribution is -0.154. The van der Waals surface area contributed by atoms with Crippen molar-refractivity contribution in [2.24, 2.45) is 11.8 Å². The zero-order valence-electron chi connectivity index (χ0n) is 16.0. The quantitative estimate of drug-likeness (QED) is 0.846. The SMILES string of the molecule is CC(C)CCC[C@]1(C)Oc2ccccc2[C@H]2OC[C@]3(CCCN3)C[C@@H]21. The summed E-state index contributed by atoms with van der Waals surface area (Å²) < 4.78 is 13.2. The standard InChI is InChI=1S/C22H33NO2/c1-16(2)8-6-11-21(3)18-14-22(12-7-13-23-22)15-24-20(18)17-9-4-5-10-19(17)25-21/h4-5,9-10,16,18,20,23H,6-8,11-15H2,1-3H3/t18-,20+,21-,22-/m0/s1. The molecule has 1 aromatic rings. The van der Waals surface area contributed by atoms with Crippen molar-refractivity contribution in [3.63, 3.8) is 0 Å². The zero-order chi connectivity index (χ0) is 17.5. The van der Waals surface area contributed by atoms with Crippen molar-refractivity contribution in [1.82, 2.24) is 5.32 Å². The summed E-state index contributed by atoms with van der Waals surface area (Å²) in [4.78, 5) is 0. The lowest BCUT2D eigenvalue weighted by Crippen LogP contribution is -2.58. The van der Waals surface area contributed by atoms with Crippen molar-refractivity contribution in [1.29, 1.82) is 0 Å². The lowest BCUT2D eigenvalue weighted by Gasteiger charge is -2.53. The predicted octanol–water partition coefficient (Wildman–Crippen LogP) is 4.86. The third-order valence-corrected chi connectivity index (χ3v) is 6.66. The summed E-state index contributed by atoms with van der Waals surface area (Å²) in [6, 6.07) is 8.51. The summed E-state index contributed by atoms with van der Waals surface area (Å²) in [6.45, 7) is 8.91. The van der Waals surface area contributed by atoms with Crippen LogP contribution in [0.1, 0.15) is 71.0 Å². The fraction of sp³-hybridized carbons (Fsp3) is 0.727. The molecule has 2 saturated heterocycles. The van der Waals surface area contributed by atoms with Crippen LogP contribution in [0.4, 0.5) is 0 Å². The van der Waals surface area contributed by atoms with Gasteiger partial charge in [-0.3, -0.25) is 0 Å². The maximum atomic E-state index is 6.67. The van der Waals surface area contributed by atoms with E-state index < -0.39 is 0 Å². The molecule has 0 amide bonds. The van der Waals surface area contributed by atoms with Gasteiger partial charge in [0.15, 0.2) is 0 Å². The molecular weight excluding hydrogens is 310 g/mol. The van der Waals surface area contributed by atoms with E-state index in [0.29, 0.717) is 5.92 Å². The molecule has 0 aliphatic carbocycles. The van der Waals surface area contributed by atoms with Crippen LogP contribution in [-0.2, 0) is 4.74 Å². The van der Waals surface area contributed by atoms with Gasteiger partial charge in [-0.1, -0.05) is 38.5 Å². The van der Waals surface area contributed by atoms with Gasteiger partial charge in [-0.25, -0.2) is 0 Å². The molecule has 1 aromatic carbocycles. The Bertz CT molecular complexity index is 608. The van der Waals surface area contributed by atoms with Gasteiger partial charge in [0.25, 0.3) is 0 Å². The first-order valence-electron chi connectivity index (χ1n) is 10.2. The molecule has 3 nitrogen and oxygen atoms in total. The second kappa shape index (κ2) is 6.59. The Morgan fingerprint density at radius 2 is 2.12 bits per heavy atom. The van der Waals surface area contributed by atoms with E-state index in [0.717, 1.165) is 31.2 Å². The second-order valence-corrected chi connectivity index (χ2v) is 9.09. The fourth-order valence-electron chi connectivity index (χ4n) is 5.19. The Morgan fingerprint density at radius 1 is 1.28 bits per heavy atom. The summed E-state index contributed by atoms with van der Waals surface area (Å²) >= 11 is 0. The maximum Gasteiger partial charge on any atom is 0.125 e. The van der Waals surface area contributed by atoms with E-state index in [4.69, 9.17) is 9.47 Å². The van der Waals surface area contributed by atoms with E-state index in [9.17, 15) is 0 Å². The Balaban J connectivity index is 1.62. The van der Waals surface area contributed by atoms with Crippen molar-refractivity contribution in [2.45, 2.75) is 76.5 Å². The average Bonchev–Trinajstić information content (AvgIpc) is 3.03. The second-order valence-electron chi connectivity index (χ2n) is 9.09. The first-order chi connectivity index (χ1) is 12.0. The number of benzene rings is 1. The van der Waals surface area contributed by atoms with Crippen LogP contribution in [0.2, 0.25) is 0 Å². The molecule has 2 fully saturated rings. The molecule has 4 atom stereocenters. The third-order valence-electron chi connectivity index (χ3n) is 6.66. The molecule has 138 valence electrons. The average molecular weight is 344 g/mol. The molecule has 3 heterocycles. The van der Waals surface area contributed by atoms with Crippen LogP contribution >= 0.6 is 0 Å². The Kier molecular flexibility index (Phi) is 4.57. The number of hydrogen-bond donors (Lipinski definition) is 1. The number of hydrogen-bond acceptors (Lipinski definition) is 3. The number of nitrogens with one attached hydrogen (secondary N) is 1. The molecule has 3 aliphatic heterocycles.